The summed E-state index contributed by atoms with van der Waals surface area (Å²) in [5, 5.41) is 14.4. The zero-order valence-corrected chi connectivity index (χ0v) is 14.4. The standard InChI is InChI=1S/C20H23N3O2/c1-14-6-7-17(11-21-14)19(25)23-9-8-20(18(24)13-23)10-15-4-2-3-5-16(15)12-22-20/h2-7,11,18,22,24H,8-10,12-13H2,1H3/t18-,20+/m1/s1. The average molecular weight is 337 g/mol. The molecule has 1 aromatic carbocycles. The van der Waals surface area contributed by atoms with Crippen molar-refractivity contribution in [2.45, 2.75) is 38.0 Å². The first-order valence-electron chi connectivity index (χ1n) is 8.79. The Kier molecular flexibility index (Phi) is 4.06. The van der Waals surface area contributed by atoms with E-state index in [2.05, 4.69) is 22.4 Å². The predicted molar refractivity (Wildman–Crippen MR) is 95.2 cm³/mol. The van der Waals surface area contributed by atoms with Gasteiger partial charge in [-0.3, -0.25) is 9.78 Å². The van der Waals surface area contributed by atoms with Crippen LogP contribution in [0.3, 0.4) is 0 Å². The predicted octanol–water partition coefficient (Wildman–Crippen LogP) is 1.68. The van der Waals surface area contributed by atoms with Gasteiger partial charge in [0.2, 0.25) is 0 Å². The monoisotopic (exact) mass is 337 g/mol. The van der Waals surface area contributed by atoms with E-state index in [0.717, 1.165) is 25.1 Å². The number of carbonyl (C=O) groups excluding carboxylic acids is 1. The van der Waals surface area contributed by atoms with E-state index in [0.29, 0.717) is 18.7 Å². The van der Waals surface area contributed by atoms with Gasteiger partial charge in [-0.1, -0.05) is 24.3 Å². The fourth-order valence-corrected chi connectivity index (χ4v) is 3.93. The number of hydrogen-bond donors (Lipinski definition) is 2. The third kappa shape index (κ3) is 2.94. The molecule has 0 radical (unpaired) electrons. The molecule has 1 spiro atoms. The maximum absolute atomic E-state index is 12.7. The molecule has 0 saturated carbocycles. The lowest BCUT2D eigenvalue weighted by atomic mass is 9.76. The van der Waals surface area contributed by atoms with Crippen LogP contribution >= 0.6 is 0 Å². The second-order valence-corrected chi connectivity index (χ2v) is 7.16. The number of pyridine rings is 1. The normalized spacial score (nSPS) is 25.7. The summed E-state index contributed by atoms with van der Waals surface area (Å²) >= 11 is 0. The van der Waals surface area contributed by atoms with Gasteiger partial charge >= 0.3 is 0 Å². The van der Waals surface area contributed by atoms with Crippen molar-refractivity contribution in [1.82, 2.24) is 15.2 Å². The Labute approximate surface area is 147 Å². The number of aliphatic hydroxyl groups excluding tert-OH is 1. The largest absolute Gasteiger partial charge is 0.389 e. The van der Waals surface area contributed by atoms with E-state index in [9.17, 15) is 9.90 Å². The molecule has 4 rings (SSSR count). The Hall–Kier alpha value is -2.24. The molecule has 3 heterocycles. The highest BCUT2D eigenvalue weighted by molar-refractivity contribution is 5.94. The highest BCUT2D eigenvalue weighted by Crippen LogP contribution is 2.32. The van der Waals surface area contributed by atoms with E-state index in [4.69, 9.17) is 0 Å². The van der Waals surface area contributed by atoms with Crippen molar-refractivity contribution in [2.24, 2.45) is 0 Å². The molecule has 2 aromatic rings. The fourth-order valence-electron chi connectivity index (χ4n) is 3.93. The van der Waals surface area contributed by atoms with Crippen molar-refractivity contribution in [3.05, 3.63) is 65.0 Å². The zero-order valence-electron chi connectivity index (χ0n) is 14.4. The summed E-state index contributed by atoms with van der Waals surface area (Å²) in [6.07, 6.45) is 2.58. The van der Waals surface area contributed by atoms with E-state index in [1.54, 1.807) is 17.2 Å². The van der Waals surface area contributed by atoms with Crippen LogP contribution in [0, 0.1) is 6.92 Å². The number of aromatic nitrogens is 1. The molecule has 1 aromatic heterocycles. The second-order valence-electron chi connectivity index (χ2n) is 7.16. The maximum Gasteiger partial charge on any atom is 0.255 e. The minimum atomic E-state index is -0.586. The SMILES string of the molecule is Cc1ccc(C(=O)N2CC[C@]3(Cc4ccccc4CN3)[C@H](O)C2)cn1. The molecule has 25 heavy (non-hydrogen) atoms. The van der Waals surface area contributed by atoms with E-state index in [1.807, 2.05) is 25.1 Å². The lowest BCUT2D eigenvalue weighted by Gasteiger charge is -2.48. The average Bonchev–Trinajstić information content (AvgIpc) is 2.64. The lowest BCUT2D eigenvalue weighted by molar-refractivity contribution is -0.0138. The number of likely N-dealkylation sites (tertiary alicyclic amines) is 1. The van der Waals surface area contributed by atoms with Crippen LogP contribution in [0.15, 0.2) is 42.6 Å². The van der Waals surface area contributed by atoms with E-state index in [-0.39, 0.29) is 11.4 Å². The van der Waals surface area contributed by atoms with Gasteiger partial charge in [-0.05, 0) is 43.0 Å². The van der Waals surface area contributed by atoms with Gasteiger partial charge in [0.15, 0.2) is 0 Å². The number of nitrogens with zero attached hydrogens (tertiary/aromatic N) is 2. The van der Waals surface area contributed by atoms with Gasteiger partial charge in [-0.2, -0.15) is 0 Å². The second kappa shape index (κ2) is 6.24. The van der Waals surface area contributed by atoms with Gasteiger partial charge < -0.3 is 15.3 Å². The quantitative estimate of drug-likeness (QED) is 0.831. The molecule has 5 heteroatoms. The summed E-state index contributed by atoms with van der Waals surface area (Å²) in [5.41, 5.74) is 3.72. The number of carbonyl (C=O) groups is 1. The van der Waals surface area contributed by atoms with Crippen molar-refractivity contribution < 1.29 is 9.90 Å². The van der Waals surface area contributed by atoms with Crippen LogP contribution < -0.4 is 5.32 Å². The van der Waals surface area contributed by atoms with Gasteiger partial charge in [-0.25, -0.2) is 0 Å². The Morgan fingerprint density at radius 3 is 2.80 bits per heavy atom. The van der Waals surface area contributed by atoms with Crippen LogP contribution in [0.1, 0.15) is 33.6 Å². The molecule has 1 fully saturated rings. The number of β-amino-alcohol motifs (C(OH)–C–C–N with tert-alkyl or cyclic N) is 1. The highest BCUT2D eigenvalue weighted by atomic mass is 16.3. The molecule has 0 aliphatic carbocycles. The summed E-state index contributed by atoms with van der Waals surface area (Å²) in [6, 6.07) is 12.0. The number of fused-ring (bicyclic) bond motifs is 1. The molecule has 2 aliphatic rings. The summed E-state index contributed by atoms with van der Waals surface area (Å²) in [5.74, 6) is -0.0578. The minimum Gasteiger partial charge on any atom is -0.389 e. The van der Waals surface area contributed by atoms with E-state index < -0.39 is 6.10 Å². The number of amides is 1. The molecule has 2 N–H and O–H groups in total. The number of aryl methyl sites for hydroxylation is 1. The maximum atomic E-state index is 12.7. The molecule has 1 amide bonds. The molecule has 1 saturated heterocycles. The highest BCUT2D eigenvalue weighted by Gasteiger charge is 2.45. The van der Waals surface area contributed by atoms with Crippen molar-refractivity contribution in [3.8, 4) is 0 Å². The molecule has 0 bridgehead atoms. The van der Waals surface area contributed by atoms with Gasteiger partial charge in [0.05, 0.1) is 17.2 Å². The van der Waals surface area contributed by atoms with Crippen LogP contribution in [-0.2, 0) is 13.0 Å². The van der Waals surface area contributed by atoms with Crippen molar-refractivity contribution in [2.75, 3.05) is 13.1 Å². The molecular weight excluding hydrogens is 314 g/mol. The van der Waals surface area contributed by atoms with Gasteiger partial charge in [0.1, 0.15) is 0 Å². The number of aliphatic hydroxyl groups is 1. The summed E-state index contributed by atoms with van der Waals surface area (Å²) in [4.78, 5) is 18.6. The lowest BCUT2D eigenvalue weighted by Crippen LogP contribution is -2.65. The number of nitrogens with one attached hydrogen (secondary N) is 1. The molecule has 2 aliphatic heterocycles. The number of piperidine rings is 1. The Bertz CT molecular complexity index is 790. The van der Waals surface area contributed by atoms with Crippen LogP contribution in [-0.4, -0.2) is 45.6 Å². The summed E-state index contributed by atoms with van der Waals surface area (Å²) in [6.45, 7) is 3.65. The number of benzene rings is 1. The first-order chi connectivity index (χ1) is 12.1. The molecule has 5 nitrogen and oxygen atoms in total. The summed E-state index contributed by atoms with van der Waals surface area (Å²) in [7, 11) is 0. The minimum absolute atomic E-state index is 0.0578. The van der Waals surface area contributed by atoms with Crippen molar-refractivity contribution in [3.63, 3.8) is 0 Å². The van der Waals surface area contributed by atoms with E-state index >= 15 is 0 Å². The van der Waals surface area contributed by atoms with Crippen LogP contribution in [0.25, 0.3) is 0 Å². The zero-order chi connectivity index (χ0) is 17.4. The van der Waals surface area contributed by atoms with E-state index in [1.165, 1.54) is 11.1 Å². The topological polar surface area (TPSA) is 65.5 Å². The Morgan fingerprint density at radius 1 is 1.28 bits per heavy atom. The fraction of sp³-hybridized carbons (Fsp3) is 0.400. The third-order valence-electron chi connectivity index (χ3n) is 5.56. The summed E-state index contributed by atoms with van der Waals surface area (Å²) < 4.78 is 0. The molecule has 130 valence electrons. The Morgan fingerprint density at radius 2 is 2.08 bits per heavy atom. The first kappa shape index (κ1) is 16.2. The van der Waals surface area contributed by atoms with Crippen LogP contribution in [0.2, 0.25) is 0 Å². The van der Waals surface area contributed by atoms with Gasteiger partial charge in [0.25, 0.3) is 5.91 Å². The van der Waals surface area contributed by atoms with Crippen LogP contribution in [0.4, 0.5) is 0 Å². The number of hydrogen-bond acceptors (Lipinski definition) is 4. The van der Waals surface area contributed by atoms with Crippen molar-refractivity contribution >= 4 is 5.91 Å². The van der Waals surface area contributed by atoms with Crippen molar-refractivity contribution in [1.29, 1.82) is 0 Å². The Balaban J connectivity index is 1.49. The molecule has 0 unspecified atom stereocenters. The third-order valence-corrected chi connectivity index (χ3v) is 5.56. The molecular formula is C20H23N3O2. The van der Waals surface area contributed by atoms with Gasteiger partial charge in [0, 0.05) is 31.5 Å². The van der Waals surface area contributed by atoms with Crippen LogP contribution in [0.5, 0.6) is 0 Å². The number of rotatable bonds is 1. The first-order valence-corrected chi connectivity index (χ1v) is 8.79. The molecule has 2 atom stereocenters. The van der Waals surface area contributed by atoms with Gasteiger partial charge in [-0.15, -0.1) is 0 Å². The smallest absolute Gasteiger partial charge is 0.255 e.